The first-order valence-corrected chi connectivity index (χ1v) is 12.3. The molecule has 1 aliphatic heterocycles. The van der Waals surface area contributed by atoms with Gasteiger partial charge in [-0.05, 0) is 25.0 Å². The van der Waals surface area contributed by atoms with E-state index in [9.17, 15) is 19.8 Å². The van der Waals surface area contributed by atoms with Crippen molar-refractivity contribution in [2.45, 2.75) is 65.5 Å². The van der Waals surface area contributed by atoms with Gasteiger partial charge >= 0.3 is 0 Å². The zero-order valence-corrected chi connectivity index (χ0v) is 19.7. The monoisotopic (exact) mass is 462 g/mol. The number of unbranched alkanes of at least 4 members (excludes halogenated alkanes) is 4. The smallest absolute Gasteiger partial charge is 0.263 e. The van der Waals surface area contributed by atoms with Gasteiger partial charge < -0.3 is 10.2 Å². The molecule has 8 nitrogen and oxygen atoms in total. The van der Waals surface area contributed by atoms with Crippen molar-refractivity contribution >= 4 is 32.3 Å². The third-order valence-electron chi connectivity index (χ3n) is 6.92. The summed E-state index contributed by atoms with van der Waals surface area (Å²) in [5, 5.41) is 25.7. The summed E-state index contributed by atoms with van der Waals surface area (Å²) >= 11 is 0. The predicted molar refractivity (Wildman–Crippen MR) is 133 cm³/mol. The van der Waals surface area contributed by atoms with Crippen LogP contribution in [0.4, 0.5) is 0 Å². The van der Waals surface area contributed by atoms with Gasteiger partial charge in [0, 0.05) is 34.6 Å². The number of nitrogens with zero attached hydrogens (tertiary/aromatic N) is 4. The van der Waals surface area contributed by atoms with Crippen molar-refractivity contribution in [3.05, 3.63) is 43.6 Å². The Morgan fingerprint density at radius 2 is 1.12 bits per heavy atom. The molecule has 2 aromatic heterocycles. The van der Waals surface area contributed by atoms with Crippen LogP contribution in [0.3, 0.4) is 0 Å². The normalized spacial score (nSPS) is 13.5. The number of hydrogen-bond acceptors (Lipinski definition) is 6. The second-order valence-electron chi connectivity index (χ2n) is 9.10. The minimum absolute atomic E-state index is 0.115. The van der Waals surface area contributed by atoms with Crippen LogP contribution in [0.5, 0.6) is 11.8 Å². The summed E-state index contributed by atoms with van der Waals surface area (Å²) in [6.07, 6.45) is 5.42. The van der Waals surface area contributed by atoms with Gasteiger partial charge in [-0.3, -0.25) is 28.7 Å². The maximum Gasteiger partial charge on any atom is 0.263 e. The highest BCUT2D eigenvalue weighted by molar-refractivity contribution is 6.24. The van der Waals surface area contributed by atoms with Crippen LogP contribution in [-0.4, -0.2) is 32.4 Å². The summed E-state index contributed by atoms with van der Waals surface area (Å²) < 4.78 is 2.81. The van der Waals surface area contributed by atoms with Crippen LogP contribution in [0.1, 0.15) is 52.4 Å². The fourth-order valence-corrected chi connectivity index (χ4v) is 5.22. The standard InChI is InChI=1S/C26H30N4O4/c1-3-5-7-13-29-23(31)15-9-10-16-18-17(15)19(25(29)33)21-22(28-12-11-27-21)20(18)26(34)30(24(16)32)14-8-6-4-2/h9-10,31-32H,3-8,11-14H2,1-2H3. The van der Waals surface area contributed by atoms with Crippen molar-refractivity contribution in [2.75, 3.05) is 13.1 Å². The fourth-order valence-electron chi connectivity index (χ4n) is 5.22. The summed E-state index contributed by atoms with van der Waals surface area (Å²) in [5.41, 5.74) is -0.668. The van der Waals surface area contributed by atoms with E-state index < -0.39 is 0 Å². The Bertz CT molecular complexity index is 1530. The molecule has 0 bridgehead atoms. The van der Waals surface area contributed by atoms with Gasteiger partial charge in [0.25, 0.3) is 11.1 Å². The van der Waals surface area contributed by atoms with Crippen molar-refractivity contribution in [1.82, 2.24) is 9.13 Å². The van der Waals surface area contributed by atoms with Crippen LogP contribution >= 0.6 is 0 Å². The second kappa shape index (κ2) is 8.74. The quantitative estimate of drug-likeness (QED) is 0.310. The largest absolute Gasteiger partial charge is 0.494 e. The van der Waals surface area contributed by atoms with Crippen LogP contribution in [0, 0.1) is 0 Å². The fraction of sp³-hybridized carbons (Fsp3) is 0.462. The molecular weight excluding hydrogens is 432 g/mol. The molecule has 0 aliphatic carbocycles. The lowest BCUT2D eigenvalue weighted by molar-refractivity contribution is 0.406. The first kappa shape index (κ1) is 22.4. The SMILES string of the molecule is CCCCCn1c(O)c2ccc3c(O)n(CCCCC)c(=O)c4c5c(c(c1=O)c2c34)=NCCN=5. The maximum atomic E-state index is 13.7. The average molecular weight is 463 g/mol. The molecule has 4 aromatic rings. The number of pyridine rings is 2. The number of fused-ring (bicyclic) bond motifs is 3. The molecule has 5 rings (SSSR count). The maximum absolute atomic E-state index is 13.7. The van der Waals surface area contributed by atoms with Gasteiger partial charge in [0.05, 0.1) is 34.6 Å². The molecular formula is C26H30N4O4. The molecule has 0 saturated heterocycles. The van der Waals surface area contributed by atoms with Crippen LogP contribution < -0.4 is 21.8 Å². The number of aromatic nitrogens is 2. The van der Waals surface area contributed by atoms with Crippen LogP contribution in [0.15, 0.2) is 31.7 Å². The molecule has 0 saturated carbocycles. The lowest BCUT2D eigenvalue weighted by Gasteiger charge is -2.19. The molecule has 0 radical (unpaired) electrons. The summed E-state index contributed by atoms with van der Waals surface area (Å²) in [4.78, 5) is 36.7. The summed E-state index contributed by atoms with van der Waals surface area (Å²) in [6, 6.07) is 3.45. The summed E-state index contributed by atoms with van der Waals surface area (Å²) in [7, 11) is 0. The van der Waals surface area contributed by atoms with Gasteiger partial charge in [0.2, 0.25) is 11.8 Å². The van der Waals surface area contributed by atoms with Crippen molar-refractivity contribution in [1.29, 1.82) is 0 Å². The number of rotatable bonds is 8. The molecule has 3 heterocycles. The van der Waals surface area contributed by atoms with Crippen molar-refractivity contribution in [2.24, 2.45) is 9.98 Å². The molecule has 0 fully saturated rings. The van der Waals surface area contributed by atoms with E-state index >= 15 is 0 Å². The van der Waals surface area contributed by atoms with E-state index in [1.54, 1.807) is 12.1 Å². The molecule has 1 aliphatic rings. The van der Waals surface area contributed by atoms with Gasteiger partial charge in [0.15, 0.2) is 0 Å². The molecule has 0 unspecified atom stereocenters. The Balaban J connectivity index is 1.98. The first-order chi connectivity index (χ1) is 16.5. The zero-order chi connectivity index (χ0) is 24.0. The van der Waals surface area contributed by atoms with Crippen molar-refractivity contribution in [3.63, 3.8) is 0 Å². The third-order valence-corrected chi connectivity index (χ3v) is 6.92. The average Bonchev–Trinajstić information content (AvgIpc) is 2.84. The van der Waals surface area contributed by atoms with E-state index in [0.717, 1.165) is 38.5 Å². The Hall–Kier alpha value is -3.42. The molecule has 2 aromatic carbocycles. The van der Waals surface area contributed by atoms with Crippen LogP contribution in [-0.2, 0) is 13.1 Å². The molecule has 2 N–H and O–H groups in total. The molecule has 0 atom stereocenters. The highest BCUT2D eigenvalue weighted by Crippen LogP contribution is 2.37. The van der Waals surface area contributed by atoms with E-state index in [1.165, 1.54) is 9.13 Å². The highest BCUT2D eigenvalue weighted by Gasteiger charge is 2.25. The van der Waals surface area contributed by atoms with E-state index in [2.05, 4.69) is 23.8 Å². The number of hydrogen-bond donors (Lipinski definition) is 2. The predicted octanol–water partition coefficient (Wildman–Crippen LogP) is 2.95. The topological polar surface area (TPSA) is 109 Å². The summed E-state index contributed by atoms with van der Waals surface area (Å²) in [5.74, 6) is -0.229. The van der Waals surface area contributed by atoms with Crippen LogP contribution in [0.2, 0.25) is 0 Å². The van der Waals surface area contributed by atoms with E-state index in [0.29, 0.717) is 69.2 Å². The first-order valence-electron chi connectivity index (χ1n) is 12.3. The number of benzene rings is 2. The molecule has 8 heteroatoms. The third kappa shape index (κ3) is 3.19. The number of aromatic hydroxyl groups is 2. The van der Waals surface area contributed by atoms with Crippen molar-refractivity contribution < 1.29 is 10.2 Å². The Labute approximate surface area is 195 Å². The minimum atomic E-state index is -0.334. The Kier molecular flexibility index (Phi) is 5.75. The lowest BCUT2D eigenvalue weighted by Crippen LogP contribution is -2.40. The van der Waals surface area contributed by atoms with Gasteiger partial charge in [0.1, 0.15) is 0 Å². The van der Waals surface area contributed by atoms with E-state index in [1.807, 2.05) is 0 Å². The molecule has 0 spiro atoms. The lowest BCUT2D eigenvalue weighted by atomic mass is 9.94. The highest BCUT2D eigenvalue weighted by atomic mass is 16.3. The molecule has 34 heavy (non-hydrogen) atoms. The molecule has 0 amide bonds. The Morgan fingerprint density at radius 1 is 0.706 bits per heavy atom. The van der Waals surface area contributed by atoms with E-state index in [-0.39, 0.29) is 22.9 Å². The Morgan fingerprint density at radius 3 is 1.50 bits per heavy atom. The van der Waals surface area contributed by atoms with Gasteiger partial charge in [-0.25, -0.2) is 0 Å². The summed E-state index contributed by atoms with van der Waals surface area (Å²) in [6.45, 7) is 5.84. The van der Waals surface area contributed by atoms with E-state index in [4.69, 9.17) is 0 Å². The van der Waals surface area contributed by atoms with Crippen LogP contribution in [0.25, 0.3) is 32.3 Å². The van der Waals surface area contributed by atoms with Gasteiger partial charge in [-0.1, -0.05) is 39.5 Å². The minimum Gasteiger partial charge on any atom is -0.494 e. The van der Waals surface area contributed by atoms with Gasteiger partial charge in [-0.2, -0.15) is 0 Å². The molecule has 178 valence electrons. The zero-order valence-electron chi connectivity index (χ0n) is 19.7. The second-order valence-corrected chi connectivity index (χ2v) is 9.10. The van der Waals surface area contributed by atoms with Crippen molar-refractivity contribution in [3.8, 4) is 11.8 Å². The van der Waals surface area contributed by atoms with Gasteiger partial charge in [-0.15, -0.1) is 0 Å².